The molecule has 0 heterocycles. The standard InChI is InChI=1S/C22H32O/c1-7-20(16-23)18(3)11-8-10-17(2)13-14-21-19(4)12-9-15-22(21,5)6/h8,10-11,13-14,16H,7,9,12,15H2,1-6H3. The van der Waals surface area contributed by atoms with Crippen LogP contribution in [0.1, 0.15) is 67.2 Å². The molecule has 0 spiro atoms. The second-order valence-electron chi connectivity index (χ2n) is 7.21. The van der Waals surface area contributed by atoms with Crippen molar-refractivity contribution in [1.29, 1.82) is 0 Å². The van der Waals surface area contributed by atoms with Crippen molar-refractivity contribution in [3.05, 3.63) is 58.2 Å². The van der Waals surface area contributed by atoms with Crippen LogP contribution in [-0.4, -0.2) is 6.29 Å². The van der Waals surface area contributed by atoms with Gasteiger partial charge in [-0.15, -0.1) is 0 Å². The van der Waals surface area contributed by atoms with Gasteiger partial charge in [-0.1, -0.05) is 62.3 Å². The van der Waals surface area contributed by atoms with E-state index in [0.717, 1.165) is 23.9 Å². The smallest absolute Gasteiger partial charge is 0.146 e. The van der Waals surface area contributed by atoms with Crippen LogP contribution in [0.2, 0.25) is 0 Å². The van der Waals surface area contributed by atoms with Gasteiger partial charge in [-0.3, -0.25) is 4.79 Å². The molecule has 126 valence electrons. The summed E-state index contributed by atoms with van der Waals surface area (Å²) in [6.07, 6.45) is 16.2. The Bertz CT molecular complexity index is 577. The van der Waals surface area contributed by atoms with E-state index < -0.39 is 0 Å². The molecule has 1 aliphatic carbocycles. The Kier molecular flexibility index (Phi) is 7.48. The third-order valence-corrected chi connectivity index (χ3v) is 4.79. The molecule has 0 bridgehead atoms. The Morgan fingerprint density at radius 2 is 1.91 bits per heavy atom. The SMILES string of the molecule is CCC(C=O)=C(C)C=CC=C(C)C=CC1=C(C)CCCC1(C)C. The first-order chi connectivity index (χ1) is 10.8. The number of aldehydes is 1. The van der Waals surface area contributed by atoms with E-state index in [2.05, 4.69) is 45.9 Å². The Morgan fingerprint density at radius 1 is 1.22 bits per heavy atom. The van der Waals surface area contributed by atoms with Gasteiger partial charge < -0.3 is 0 Å². The highest BCUT2D eigenvalue weighted by Gasteiger charge is 2.26. The van der Waals surface area contributed by atoms with Crippen LogP contribution in [0.25, 0.3) is 0 Å². The molecule has 1 rings (SSSR count). The number of hydrogen-bond donors (Lipinski definition) is 0. The van der Waals surface area contributed by atoms with Gasteiger partial charge in [0, 0.05) is 0 Å². The predicted octanol–water partition coefficient (Wildman–Crippen LogP) is 6.50. The van der Waals surface area contributed by atoms with E-state index in [0.29, 0.717) is 0 Å². The van der Waals surface area contributed by atoms with Crippen molar-refractivity contribution in [3.63, 3.8) is 0 Å². The minimum atomic E-state index is 0.286. The summed E-state index contributed by atoms with van der Waals surface area (Å²) in [5.41, 5.74) is 6.44. The Hall–Kier alpha value is -1.63. The second-order valence-corrected chi connectivity index (χ2v) is 7.21. The minimum absolute atomic E-state index is 0.286. The largest absolute Gasteiger partial charge is 0.298 e. The molecular formula is C22H32O. The molecule has 1 aliphatic rings. The molecule has 1 heteroatoms. The highest BCUT2D eigenvalue weighted by Crippen LogP contribution is 2.40. The monoisotopic (exact) mass is 312 g/mol. The molecule has 23 heavy (non-hydrogen) atoms. The first-order valence-corrected chi connectivity index (χ1v) is 8.70. The third kappa shape index (κ3) is 5.82. The highest BCUT2D eigenvalue weighted by molar-refractivity contribution is 5.75. The molecule has 0 aromatic heterocycles. The lowest BCUT2D eigenvalue weighted by Gasteiger charge is -2.32. The molecule has 0 unspecified atom stereocenters. The van der Waals surface area contributed by atoms with Gasteiger partial charge in [0.05, 0.1) is 0 Å². The van der Waals surface area contributed by atoms with Crippen molar-refractivity contribution >= 4 is 6.29 Å². The van der Waals surface area contributed by atoms with E-state index in [4.69, 9.17) is 0 Å². The van der Waals surface area contributed by atoms with Gasteiger partial charge in [-0.25, -0.2) is 0 Å². The molecule has 0 N–H and O–H groups in total. The molecule has 0 aliphatic heterocycles. The first-order valence-electron chi connectivity index (χ1n) is 8.70. The Labute approximate surface area is 142 Å². The van der Waals surface area contributed by atoms with Crippen molar-refractivity contribution in [1.82, 2.24) is 0 Å². The van der Waals surface area contributed by atoms with Crippen LogP contribution < -0.4 is 0 Å². The average Bonchev–Trinajstić information content (AvgIpc) is 2.47. The normalized spacial score (nSPS) is 20.3. The van der Waals surface area contributed by atoms with Gasteiger partial charge in [0.25, 0.3) is 0 Å². The number of rotatable bonds is 6. The van der Waals surface area contributed by atoms with Crippen LogP contribution in [0, 0.1) is 5.41 Å². The minimum Gasteiger partial charge on any atom is -0.298 e. The van der Waals surface area contributed by atoms with Crippen LogP contribution in [-0.2, 0) is 4.79 Å². The summed E-state index contributed by atoms with van der Waals surface area (Å²) in [6.45, 7) is 13.1. The predicted molar refractivity (Wildman–Crippen MR) is 101 cm³/mol. The fraction of sp³-hybridized carbons (Fsp3) is 0.500. The zero-order valence-corrected chi connectivity index (χ0v) is 15.7. The maximum absolute atomic E-state index is 10.9. The van der Waals surface area contributed by atoms with Crippen LogP contribution >= 0.6 is 0 Å². The maximum Gasteiger partial charge on any atom is 0.146 e. The molecule has 0 aromatic rings. The van der Waals surface area contributed by atoms with Crippen molar-refractivity contribution in [2.75, 3.05) is 0 Å². The van der Waals surface area contributed by atoms with Gasteiger partial charge >= 0.3 is 0 Å². The Balaban J connectivity index is 2.85. The van der Waals surface area contributed by atoms with E-state index in [-0.39, 0.29) is 5.41 Å². The lowest BCUT2D eigenvalue weighted by molar-refractivity contribution is -0.105. The summed E-state index contributed by atoms with van der Waals surface area (Å²) in [5.74, 6) is 0. The molecule has 0 fully saturated rings. The zero-order valence-electron chi connectivity index (χ0n) is 15.7. The maximum atomic E-state index is 10.9. The first kappa shape index (κ1) is 19.4. The van der Waals surface area contributed by atoms with Crippen molar-refractivity contribution in [2.45, 2.75) is 67.2 Å². The summed E-state index contributed by atoms with van der Waals surface area (Å²) < 4.78 is 0. The van der Waals surface area contributed by atoms with Gasteiger partial charge in [0.2, 0.25) is 0 Å². The second kappa shape index (κ2) is 8.86. The van der Waals surface area contributed by atoms with Crippen molar-refractivity contribution in [2.24, 2.45) is 5.41 Å². The number of hydrogen-bond acceptors (Lipinski definition) is 1. The summed E-state index contributed by atoms with van der Waals surface area (Å²) in [7, 11) is 0. The summed E-state index contributed by atoms with van der Waals surface area (Å²) >= 11 is 0. The topological polar surface area (TPSA) is 17.1 Å². The van der Waals surface area contributed by atoms with Crippen molar-refractivity contribution in [3.8, 4) is 0 Å². The molecule has 0 aromatic carbocycles. The fourth-order valence-corrected chi connectivity index (χ4v) is 3.19. The molecule has 0 saturated carbocycles. The fourth-order valence-electron chi connectivity index (χ4n) is 3.19. The van der Waals surface area contributed by atoms with E-state index in [1.807, 2.05) is 26.0 Å². The molecule has 0 radical (unpaired) electrons. The van der Waals surface area contributed by atoms with Crippen LogP contribution in [0.3, 0.4) is 0 Å². The number of allylic oxidation sites excluding steroid dienone is 10. The number of carbonyl (C=O) groups is 1. The van der Waals surface area contributed by atoms with E-state index in [9.17, 15) is 4.79 Å². The lowest BCUT2D eigenvalue weighted by Crippen LogP contribution is -2.19. The number of carbonyl (C=O) groups excluding carboxylic acids is 1. The molecule has 1 nitrogen and oxygen atoms in total. The van der Waals surface area contributed by atoms with Crippen molar-refractivity contribution < 1.29 is 4.79 Å². The van der Waals surface area contributed by atoms with E-state index in [1.165, 1.54) is 36.0 Å². The lowest BCUT2D eigenvalue weighted by atomic mass is 9.72. The summed E-state index contributed by atoms with van der Waals surface area (Å²) in [6, 6.07) is 0. The molecule has 0 atom stereocenters. The van der Waals surface area contributed by atoms with Crippen LogP contribution in [0.4, 0.5) is 0 Å². The molecular weight excluding hydrogens is 280 g/mol. The summed E-state index contributed by atoms with van der Waals surface area (Å²) in [5, 5.41) is 0. The van der Waals surface area contributed by atoms with Gasteiger partial charge in [0.1, 0.15) is 6.29 Å². The highest BCUT2D eigenvalue weighted by atomic mass is 16.1. The van der Waals surface area contributed by atoms with Crippen LogP contribution in [0.15, 0.2) is 58.2 Å². The van der Waals surface area contributed by atoms with Gasteiger partial charge in [-0.05, 0) is 68.6 Å². The van der Waals surface area contributed by atoms with E-state index >= 15 is 0 Å². The molecule has 0 amide bonds. The van der Waals surface area contributed by atoms with Crippen LogP contribution in [0.5, 0.6) is 0 Å². The summed E-state index contributed by atoms with van der Waals surface area (Å²) in [4.78, 5) is 10.9. The third-order valence-electron chi connectivity index (χ3n) is 4.79. The quantitative estimate of drug-likeness (QED) is 0.311. The molecule has 0 saturated heterocycles. The van der Waals surface area contributed by atoms with Gasteiger partial charge in [0.15, 0.2) is 0 Å². The van der Waals surface area contributed by atoms with Gasteiger partial charge in [-0.2, -0.15) is 0 Å². The Morgan fingerprint density at radius 3 is 2.48 bits per heavy atom. The zero-order chi connectivity index (χ0) is 17.5. The van der Waals surface area contributed by atoms with E-state index in [1.54, 1.807) is 0 Å². The average molecular weight is 312 g/mol.